The number of nitrogen functional groups attached to an aromatic ring is 1. The highest BCUT2D eigenvalue weighted by Crippen LogP contribution is 2.09. The van der Waals surface area contributed by atoms with Crippen LogP contribution in [0.25, 0.3) is 0 Å². The number of morpholine rings is 1. The van der Waals surface area contributed by atoms with Gasteiger partial charge >= 0.3 is 0 Å². The first-order chi connectivity index (χ1) is 8.16. The fourth-order valence-corrected chi connectivity index (χ4v) is 1.76. The Labute approximate surface area is 99.2 Å². The normalized spacial score (nSPS) is 16.4. The molecule has 1 saturated heterocycles. The predicted molar refractivity (Wildman–Crippen MR) is 62.1 cm³/mol. The lowest BCUT2D eigenvalue weighted by Gasteiger charge is -2.24. The van der Waals surface area contributed by atoms with Gasteiger partial charge in [0.05, 0.1) is 0 Å². The van der Waals surface area contributed by atoms with Crippen LogP contribution in [0.3, 0.4) is 0 Å². The number of carbonyl (C=O) groups is 2. The van der Waals surface area contributed by atoms with Gasteiger partial charge in [-0.25, -0.2) is 0 Å². The second kappa shape index (κ2) is 4.97. The van der Waals surface area contributed by atoms with Gasteiger partial charge < -0.3 is 10.5 Å². The Morgan fingerprint density at radius 2 is 1.94 bits per heavy atom. The van der Waals surface area contributed by atoms with Crippen molar-refractivity contribution in [1.82, 2.24) is 4.90 Å². The Balaban J connectivity index is 1.97. The fourth-order valence-electron chi connectivity index (χ4n) is 1.76. The molecule has 2 N–H and O–H groups in total. The standard InChI is InChI=1S/C12H14N2O3/c13-10-3-1-2-9(6-10)4-5-14-11(15)7-17-8-12(14)16/h1-3,6H,4-5,7-8,13H2. The topological polar surface area (TPSA) is 72.6 Å². The molecule has 1 heterocycles. The molecule has 0 atom stereocenters. The van der Waals surface area contributed by atoms with Crippen LogP contribution in [0.2, 0.25) is 0 Å². The summed E-state index contributed by atoms with van der Waals surface area (Å²) in [6.07, 6.45) is 0.614. The Hall–Kier alpha value is -1.88. The number of nitrogens with two attached hydrogens (primary N) is 1. The van der Waals surface area contributed by atoms with Crippen molar-refractivity contribution in [2.24, 2.45) is 0 Å². The van der Waals surface area contributed by atoms with Gasteiger partial charge in [0.15, 0.2) is 0 Å². The van der Waals surface area contributed by atoms with Crippen molar-refractivity contribution in [2.45, 2.75) is 6.42 Å². The maximum Gasteiger partial charge on any atom is 0.255 e. The monoisotopic (exact) mass is 234 g/mol. The van der Waals surface area contributed by atoms with Crippen LogP contribution in [-0.4, -0.2) is 36.5 Å². The van der Waals surface area contributed by atoms with E-state index in [9.17, 15) is 9.59 Å². The van der Waals surface area contributed by atoms with Crippen LogP contribution in [0.1, 0.15) is 5.56 Å². The van der Waals surface area contributed by atoms with E-state index in [0.717, 1.165) is 5.56 Å². The highest BCUT2D eigenvalue weighted by Gasteiger charge is 2.25. The predicted octanol–water partition coefficient (Wildman–Crippen LogP) is 0.197. The van der Waals surface area contributed by atoms with Crippen LogP contribution >= 0.6 is 0 Å². The maximum absolute atomic E-state index is 11.4. The molecule has 0 spiro atoms. The third-order valence-electron chi connectivity index (χ3n) is 2.63. The van der Waals surface area contributed by atoms with Gasteiger partial charge in [0.2, 0.25) is 0 Å². The molecular formula is C12H14N2O3. The molecule has 17 heavy (non-hydrogen) atoms. The van der Waals surface area contributed by atoms with Gasteiger partial charge in [-0.2, -0.15) is 0 Å². The van der Waals surface area contributed by atoms with E-state index < -0.39 is 0 Å². The van der Waals surface area contributed by atoms with Crippen LogP contribution in [0.15, 0.2) is 24.3 Å². The van der Waals surface area contributed by atoms with Crippen molar-refractivity contribution in [3.05, 3.63) is 29.8 Å². The van der Waals surface area contributed by atoms with Crippen molar-refractivity contribution >= 4 is 17.5 Å². The van der Waals surface area contributed by atoms with Gasteiger partial charge in [-0.15, -0.1) is 0 Å². The molecule has 1 aliphatic heterocycles. The second-order valence-electron chi connectivity index (χ2n) is 3.93. The molecule has 0 saturated carbocycles. The second-order valence-corrected chi connectivity index (χ2v) is 3.93. The van der Waals surface area contributed by atoms with Crippen LogP contribution < -0.4 is 5.73 Å². The minimum Gasteiger partial charge on any atom is -0.399 e. The number of nitrogens with zero attached hydrogens (tertiary/aromatic N) is 1. The number of carbonyl (C=O) groups excluding carboxylic acids is 2. The van der Waals surface area contributed by atoms with E-state index >= 15 is 0 Å². The summed E-state index contributed by atoms with van der Waals surface area (Å²) in [5, 5.41) is 0. The molecule has 0 aliphatic carbocycles. The minimum atomic E-state index is -0.273. The molecule has 90 valence electrons. The molecule has 0 unspecified atom stereocenters. The molecule has 2 rings (SSSR count). The average molecular weight is 234 g/mol. The van der Waals surface area contributed by atoms with E-state index in [1.54, 1.807) is 6.07 Å². The van der Waals surface area contributed by atoms with Gasteiger partial charge in [-0.1, -0.05) is 12.1 Å². The zero-order chi connectivity index (χ0) is 12.3. The number of imide groups is 1. The summed E-state index contributed by atoms with van der Waals surface area (Å²) in [7, 11) is 0. The van der Waals surface area contributed by atoms with Crippen molar-refractivity contribution < 1.29 is 14.3 Å². The lowest BCUT2D eigenvalue weighted by atomic mass is 10.1. The summed E-state index contributed by atoms with van der Waals surface area (Å²) < 4.78 is 4.83. The van der Waals surface area contributed by atoms with Crippen LogP contribution in [0.5, 0.6) is 0 Å². The number of hydrogen-bond acceptors (Lipinski definition) is 4. The van der Waals surface area contributed by atoms with E-state index in [1.165, 1.54) is 4.90 Å². The van der Waals surface area contributed by atoms with E-state index in [0.29, 0.717) is 18.7 Å². The smallest absolute Gasteiger partial charge is 0.255 e. The number of rotatable bonds is 3. The number of anilines is 1. The number of hydrogen-bond donors (Lipinski definition) is 1. The number of ether oxygens (including phenoxy) is 1. The Morgan fingerprint density at radius 3 is 2.59 bits per heavy atom. The minimum absolute atomic E-state index is 0.0112. The highest BCUT2D eigenvalue weighted by atomic mass is 16.5. The van der Waals surface area contributed by atoms with Crippen LogP contribution in [-0.2, 0) is 20.7 Å². The summed E-state index contributed by atoms with van der Waals surface area (Å²) >= 11 is 0. The van der Waals surface area contributed by atoms with E-state index in [2.05, 4.69) is 0 Å². The van der Waals surface area contributed by atoms with Gasteiger partial charge in [0.25, 0.3) is 11.8 Å². The molecule has 0 bridgehead atoms. The van der Waals surface area contributed by atoms with Crippen molar-refractivity contribution in [2.75, 3.05) is 25.5 Å². The van der Waals surface area contributed by atoms with Gasteiger partial charge in [-0.3, -0.25) is 14.5 Å². The SMILES string of the molecule is Nc1cccc(CCN2C(=O)COCC2=O)c1. The highest BCUT2D eigenvalue weighted by molar-refractivity contribution is 5.98. The van der Waals surface area contributed by atoms with E-state index in [-0.39, 0.29) is 25.0 Å². The lowest BCUT2D eigenvalue weighted by Crippen LogP contribution is -2.46. The molecular weight excluding hydrogens is 220 g/mol. The van der Waals surface area contributed by atoms with Crippen molar-refractivity contribution in [3.8, 4) is 0 Å². The number of benzene rings is 1. The van der Waals surface area contributed by atoms with E-state index in [4.69, 9.17) is 10.5 Å². The molecule has 2 amide bonds. The average Bonchev–Trinajstić information content (AvgIpc) is 2.28. The zero-order valence-corrected chi connectivity index (χ0v) is 9.39. The quantitative estimate of drug-likeness (QED) is 0.599. The molecule has 1 fully saturated rings. The molecule has 5 heteroatoms. The molecule has 0 aromatic heterocycles. The molecule has 1 aromatic rings. The summed E-state index contributed by atoms with van der Waals surface area (Å²) in [5.41, 5.74) is 7.35. The third-order valence-corrected chi connectivity index (χ3v) is 2.63. The summed E-state index contributed by atoms with van der Waals surface area (Å²) in [6, 6.07) is 7.42. The van der Waals surface area contributed by atoms with Crippen LogP contribution in [0, 0.1) is 0 Å². The molecule has 0 radical (unpaired) electrons. The van der Waals surface area contributed by atoms with Crippen molar-refractivity contribution in [3.63, 3.8) is 0 Å². The number of amides is 2. The largest absolute Gasteiger partial charge is 0.399 e. The fraction of sp³-hybridized carbons (Fsp3) is 0.333. The Morgan fingerprint density at radius 1 is 1.24 bits per heavy atom. The third kappa shape index (κ3) is 2.82. The summed E-state index contributed by atoms with van der Waals surface area (Å²) in [6.45, 7) is 0.357. The first-order valence-electron chi connectivity index (χ1n) is 5.42. The molecule has 1 aliphatic rings. The Bertz CT molecular complexity index is 429. The first kappa shape index (κ1) is 11.6. The Kier molecular flexibility index (Phi) is 3.39. The van der Waals surface area contributed by atoms with Gasteiger partial charge in [0.1, 0.15) is 13.2 Å². The molecule has 1 aromatic carbocycles. The summed E-state index contributed by atoms with van der Waals surface area (Å²) in [4.78, 5) is 24.1. The zero-order valence-electron chi connectivity index (χ0n) is 9.39. The van der Waals surface area contributed by atoms with Gasteiger partial charge in [0, 0.05) is 12.2 Å². The van der Waals surface area contributed by atoms with Gasteiger partial charge in [-0.05, 0) is 24.1 Å². The maximum atomic E-state index is 11.4. The lowest BCUT2D eigenvalue weighted by molar-refractivity contribution is -0.158. The van der Waals surface area contributed by atoms with Crippen molar-refractivity contribution in [1.29, 1.82) is 0 Å². The van der Waals surface area contributed by atoms with Crippen LogP contribution in [0.4, 0.5) is 5.69 Å². The molecule has 5 nitrogen and oxygen atoms in total. The first-order valence-corrected chi connectivity index (χ1v) is 5.42. The van der Waals surface area contributed by atoms with E-state index in [1.807, 2.05) is 18.2 Å². The summed E-state index contributed by atoms with van der Waals surface area (Å²) in [5.74, 6) is -0.546.